The minimum Gasteiger partial charge on any atom is -0.422 e. The first-order chi connectivity index (χ1) is 8.59. The van der Waals surface area contributed by atoms with Crippen LogP contribution in [0.1, 0.15) is 5.56 Å². The molecule has 4 nitrogen and oxygen atoms in total. The van der Waals surface area contributed by atoms with Gasteiger partial charge in [-0.1, -0.05) is 12.1 Å². The first-order valence-corrected chi connectivity index (χ1v) is 6.03. The van der Waals surface area contributed by atoms with Crippen LogP contribution in [-0.2, 0) is 0 Å². The summed E-state index contributed by atoms with van der Waals surface area (Å²) in [5.74, 6) is 0. The summed E-state index contributed by atoms with van der Waals surface area (Å²) in [7, 11) is 0. The van der Waals surface area contributed by atoms with Gasteiger partial charge in [0.25, 0.3) is 0 Å². The zero-order chi connectivity index (χ0) is 12.9. The molecule has 5 heteroatoms. The molecule has 0 radical (unpaired) electrons. The summed E-state index contributed by atoms with van der Waals surface area (Å²) in [5.41, 5.74) is 0.189. The fraction of sp³-hybridized carbons (Fsp3) is 0.0769. The van der Waals surface area contributed by atoms with Gasteiger partial charge < -0.3 is 8.83 Å². The predicted octanol–water partition coefficient (Wildman–Crippen LogP) is 2.97. The summed E-state index contributed by atoms with van der Waals surface area (Å²) in [6, 6.07) is 6.95. The lowest BCUT2D eigenvalue weighted by Gasteiger charge is -2.04. The van der Waals surface area contributed by atoms with Crippen molar-refractivity contribution in [1.82, 2.24) is 0 Å². The second-order valence-electron chi connectivity index (χ2n) is 3.92. The summed E-state index contributed by atoms with van der Waals surface area (Å²) in [6.45, 7) is 1.68. The first-order valence-electron chi connectivity index (χ1n) is 5.24. The van der Waals surface area contributed by atoms with Crippen LogP contribution in [0.3, 0.4) is 0 Å². The summed E-state index contributed by atoms with van der Waals surface area (Å²) in [6.07, 6.45) is 0. The van der Waals surface area contributed by atoms with Crippen molar-refractivity contribution in [1.29, 1.82) is 0 Å². The van der Waals surface area contributed by atoms with E-state index in [4.69, 9.17) is 8.83 Å². The molecule has 0 N–H and O–H groups in total. The summed E-state index contributed by atoms with van der Waals surface area (Å²) in [4.78, 5) is 23.6. The topological polar surface area (TPSA) is 60.4 Å². The molecular weight excluding hydrogens is 300 g/mol. The van der Waals surface area contributed by atoms with Crippen molar-refractivity contribution in [3.05, 3.63) is 55.1 Å². The van der Waals surface area contributed by atoms with Gasteiger partial charge in [-0.2, -0.15) is 0 Å². The highest BCUT2D eigenvalue weighted by Gasteiger charge is 2.16. The standard InChI is InChI=1S/C13H7BrO4/c1-6-9-11(18-13(16)10(6)14)7-4-2-3-5-8(7)17-12(9)15/h2-5H,1H3. The summed E-state index contributed by atoms with van der Waals surface area (Å²) < 4.78 is 10.7. The second kappa shape index (κ2) is 3.81. The fourth-order valence-corrected chi connectivity index (χ4v) is 2.23. The molecule has 1 aromatic carbocycles. The van der Waals surface area contributed by atoms with Crippen LogP contribution in [0.4, 0.5) is 0 Å². The van der Waals surface area contributed by atoms with E-state index in [2.05, 4.69) is 15.9 Å². The molecule has 0 fully saturated rings. The predicted molar refractivity (Wildman–Crippen MR) is 71.0 cm³/mol. The summed E-state index contributed by atoms with van der Waals surface area (Å²) in [5, 5.41) is 0.903. The highest BCUT2D eigenvalue weighted by Crippen LogP contribution is 2.26. The lowest BCUT2D eigenvalue weighted by Crippen LogP contribution is -2.09. The van der Waals surface area contributed by atoms with Crippen molar-refractivity contribution in [2.45, 2.75) is 6.92 Å². The van der Waals surface area contributed by atoms with Crippen LogP contribution in [0, 0.1) is 6.92 Å². The molecule has 0 saturated heterocycles. The highest BCUT2D eigenvalue weighted by atomic mass is 79.9. The highest BCUT2D eigenvalue weighted by molar-refractivity contribution is 9.10. The van der Waals surface area contributed by atoms with Crippen LogP contribution in [-0.4, -0.2) is 0 Å². The number of rotatable bonds is 0. The molecule has 0 aliphatic rings. The van der Waals surface area contributed by atoms with E-state index >= 15 is 0 Å². The number of hydrogen-bond acceptors (Lipinski definition) is 4. The van der Waals surface area contributed by atoms with Crippen molar-refractivity contribution in [2.75, 3.05) is 0 Å². The SMILES string of the molecule is Cc1c(Br)c(=O)oc2c1c(=O)oc1ccccc12. The van der Waals surface area contributed by atoms with Crippen molar-refractivity contribution in [2.24, 2.45) is 0 Å². The van der Waals surface area contributed by atoms with Gasteiger partial charge in [0.05, 0.1) is 5.39 Å². The number of para-hydroxylation sites is 1. The van der Waals surface area contributed by atoms with Gasteiger partial charge in [0, 0.05) is 0 Å². The molecule has 0 unspecified atom stereocenters. The molecule has 0 saturated carbocycles. The Balaban J connectivity index is 2.75. The maximum absolute atomic E-state index is 11.9. The average molecular weight is 307 g/mol. The molecule has 0 aliphatic heterocycles. The number of fused-ring (bicyclic) bond motifs is 3. The van der Waals surface area contributed by atoms with Crippen molar-refractivity contribution in [3.63, 3.8) is 0 Å². The van der Waals surface area contributed by atoms with Gasteiger partial charge in [-0.05, 0) is 40.5 Å². The summed E-state index contributed by atoms with van der Waals surface area (Å²) >= 11 is 3.11. The Hall–Kier alpha value is -1.88. The average Bonchev–Trinajstić information content (AvgIpc) is 2.35. The fourth-order valence-electron chi connectivity index (χ4n) is 1.95. The van der Waals surface area contributed by atoms with Crippen LogP contribution in [0.15, 0.2) is 47.2 Å². The van der Waals surface area contributed by atoms with Crippen LogP contribution in [0.2, 0.25) is 0 Å². The third-order valence-electron chi connectivity index (χ3n) is 2.84. The Kier molecular flexibility index (Phi) is 2.38. The normalized spacial score (nSPS) is 11.2. The second-order valence-corrected chi connectivity index (χ2v) is 4.71. The van der Waals surface area contributed by atoms with Crippen LogP contribution < -0.4 is 11.3 Å². The Morgan fingerprint density at radius 2 is 1.78 bits per heavy atom. The molecule has 2 heterocycles. The van der Waals surface area contributed by atoms with Gasteiger partial charge in [-0.25, -0.2) is 9.59 Å². The number of benzene rings is 1. The molecule has 0 spiro atoms. The number of aryl methyl sites for hydroxylation is 1. The molecule has 3 rings (SSSR count). The van der Waals surface area contributed by atoms with Crippen LogP contribution >= 0.6 is 15.9 Å². The third kappa shape index (κ3) is 1.44. The maximum Gasteiger partial charge on any atom is 0.350 e. The minimum atomic E-state index is -0.509. The molecule has 18 heavy (non-hydrogen) atoms. The quantitative estimate of drug-likeness (QED) is 0.473. The van der Waals surface area contributed by atoms with E-state index in [9.17, 15) is 9.59 Å². The van der Waals surface area contributed by atoms with Crippen molar-refractivity contribution < 1.29 is 8.83 Å². The molecule has 2 aromatic heterocycles. The number of hydrogen-bond donors (Lipinski definition) is 0. The van der Waals surface area contributed by atoms with E-state index in [1.165, 1.54) is 0 Å². The van der Waals surface area contributed by atoms with E-state index < -0.39 is 11.3 Å². The zero-order valence-corrected chi connectivity index (χ0v) is 10.9. The van der Waals surface area contributed by atoms with E-state index in [1.54, 1.807) is 31.2 Å². The van der Waals surface area contributed by atoms with Crippen LogP contribution in [0.25, 0.3) is 21.9 Å². The largest absolute Gasteiger partial charge is 0.422 e. The van der Waals surface area contributed by atoms with Gasteiger partial charge in [0.15, 0.2) is 5.58 Å². The lowest BCUT2D eigenvalue weighted by atomic mass is 10.1. The Bertz CT molecular complexity index is 889. The molecular formula is C13H7BrO4. The van der Waals surface area contributed by atoms with E-state index in [-0.39, 0.29) is 10.1 Å². The monoisotopic (exact) mass is 306 g/mol. The smallest absolute Gasteiger partial charge is 0.350 e. The minimum absolute atomic E-state index is 0.248. The molecule has 0 atom stereocenters. The Labute approximate surface area is 109 Å². The Morgan fingerprint density at radius 1 is 1.06 bits per heavy atom. The van der Waals surface area contributed by atoms with Gasteiger partial charge in [0.2, 0.25) is 0 Å². The van der Waals surface area contributed by atoms with Crippen molar-refractivity contribution >= 4 is 37.9 Å². The number of halogens is 1. The molecule has 0 bridgehead atoms. The van der Waals surface area contributed by atoms with Crippen LogP contribution in [0.5, 0.6) is 0 Å². The third-order valence-corrected chi connectivity index (χ3v) is 3.76. The molecule has 90 valence electrons. The zero-order valence-electron chi connectivity index (χ0n) is 9.32. The van der Waals surface area contributed by atoms with Crippen molar-refractivity contribution in [3.8, 4) is 0 Å². The molecule has 0 aliphatic carbocycles. The van der Waals surface area contributed by atoms with Gasteiger partial charge in [0.1, 0.15) is 15.4 Å². The molecule has 3 aromatic rings. The lowest BCUT2D eigenvalue weighted by molar-refractivity contribution is 0.538. The molecule has 0 amide bonds. The maximum atomic E-state index is 11.9. The first kappa shape index (κ1) is 11.2. The van der Waals surface area contributed by atoms with Gasteiger partial charge in [-0.3, -0.25) is 0 Å². The van der Waals surface area contributed by atoms with Gasteiger partial charge >= 0.3 is 11.3 Å². The Morgan fingerprint density at radius 3 is 2.56 bits per heavy atom. The van der Waals surface area contributed by atoms with E-state index in [0.717, 1.165) is 0 Å². The van der Waals surface area contributed by atoms with E-state index in [0.29, 0.717) is 21.9 Å². The van der Waals surface area contributed by atoms with Gasteiger partial charge in [-0.15, -0.1) is 0 Å². The van der Waals surface area contributed by atoms with E-state index in [1.807, 2.05) is 0 Å².